The van der Waals surface area contributed by atoms with Crippen LogP contribution in [0.15, 0.2) is 18.2 Å². The molecule has 2 rings (SSSR count). The molecule has 1 aromatic rings. The third-order valence-electron chi connectivity index (χ3n) is 3.01. The highest BCUT2D eigenvalue weighted by Gasteiger charge is 2.30. The summed E-state index contributed by atoms with van der Waals surface area (Å²) in [6.07, 6.45) is 1.99. The van der Waals surface area contributed by atoms with Gasteiger partial charge < -0.3 is 10.3 Å². The van der Waals surface area contributed by atoms with Crippen molar-refractivity contribution >= 4 is 17.3 Å². The van der Waals surface area contributed by atoms with E-state index in [9.17, 15) is 14.9 Å². The summed E-state index contributed by atoms with van der Waals surface area (Å²) in [6, 6.07) is 4.48. The first-order valence-electron chi connectivity index (χ1n) is 5.57. The molecule has 1 aliphatic carbocycles. The Hall–Kier alpha value is -2.15. The molecule has 0 unspecified atom stereocenters. The summed E-state index contributed by atoms with van der Waals surface area (Å²) in [5.74, 6) is 4.98. The Labute approximate surface area is 104 Å². The highest BCUT2D eigenvalue weighted by Crippen LogP contribution is 2.29. The van der Waals surface area contributed by atoms with Crippen LogP contribution in [0.25, 0.3) is 0 Å². The molecule has 7 nitrogen and oxygen atoms in total. The van der Waals surface area contributed by atoms with Crippen molar-refractivity contribution in [2.45, 2.75) is 18.9 Å². The maximum atomic E-state index is 12.1. The van der Waals surface area contributed by atoms with Gasteiger partial charge in [0.1, 0.15) is 5.69 Å². The van der Waals surface area contributed by atoms with Crippen molar-refractivity contribution in [2.75, 3.05) is 12.5 Å². The highest BCUT2D eigenvalue weighted by molar-refractivity contribution is 5.96. The Morgan fingerprint density at radius 1 is 1.56 bits per heavy atom. The molecular weight excluding hydrogens is 236 g/mol. The SMILES string of the molecule is CN(C(=O)c1ccc(NN)c([N+](=O)[O-])c1)C1CC1. The number of hydrogen-bond donors (Lipinski definition) is 2. The Morgan fingerprint density at radius 2 is 2.22 bits per heavy atom. The molecule has 0 heterocycles. The highest BCUT2D eigenvalue weighted by atomic mass is 16.6. The number of nitro benzene ring substituents is 1. The molecule has 3 N–H and O–H groups in total. The van der Waals surface area contributed by atoms with Crippen LogP contribution in [0.4, 0.5) is 11.4 Å². The molecule has 0 radical (unpaired) electrons. The molecule has 0 aromatic heterocycles. The van der Waals surface area contributed by atoms with E-state index in [2.05, 4.69) is 5.43 Å². The van der Waals surface area contributed by atoms with Crippen LogP contribution in [0.5, 0.6) is 0 Å². The maximum Gasteiger partial charge on any atom is 0.294 e. The largest absolute Gasteiger partial charge is 0.339 e. The second-order valence-electron chi connectivity index (χ2n) is 4.28. The van der Waals surface area contributed by atoms with E-state index in [-0.39, 0.29) is 23.3 Å². The van der Waals surface area contributed by atoms with Crippen LogP contribution in [-0.4, -0.2) is 28.8 Å². The summed E-state index contributed by atoms with van der Waals surface area (Å²) in [6.45, 7) is 0. The molecule has 7 heteroatoms. The number of rotatable bonds is 4. The number of hydrazine groups is 1. The van der Waals surface area contributed by atoms with Crippen LogP contribution in [0.3, 0.4) is 0 Å². The van der Waals surface area contributed by atoms with Gasteiger partial charge >= 0.3 is 0 Å². The lowest BCUT2D eigenvalue weighted by Gasteiger charge is -2.16. The van der Waals surface area contributed by atoms with Gasteiger partial charge in [0, 0.05) is 24.7 Å². The first-order chi connectivity index (χ1) is 8.54. The molecule has 0 atom stereocenters. The number of nitrogen functional groups attached to an aromatic ring is 1. The zero-order chi connectivity index (χ0) is 13.3. The molecular formula is C11H14N4O3. The van der Waals surface area contributed by atoms with Gasteiger partial charge in [-0.3, -0.25) is 20.8 Å². The molecule has 1 fully saturated rings. The van der Waals surface area contributed by atoms with Crippen LogP contribution < -0.4 is 11.3 Å². The summed E-state index contributed by atoms with van der Waals surface area (Å²) >= 11 is 0. The minimum Gasteiger partial charge on any atom is -0.339 e. The summed E-state index contributed by atoms with van der Waals surface area (Å²) in [4.78, 5) is 24.0. The average Bonchev–Trinajstić information content (AvgIpc) is 3.20. The van der Waals surface area contributed by atoms with Gasteiger partial charge in [-0.15, -0.1) is 0 Å². The van der Waals surface area contributed by atoms with Gasteiger partial charge in [-0.25, -0.2) is 0 Å². The Morgan fingerprint density at radius 3 is 2.72 bits per heavy atom. The Balaban J connectivity index is 2.31. The fourth-order valence-electron chi connectivity index (χ4n) is 1.77. The van der Waals surface area contributed by atoms with Gasteiger partial charge in [0.05, 0.1) is 4.92 Å². The summed E-state index contributed by atoms with van der Waals surface area (Å²) in [5, 5.41) is 10.9. The number of nitrogens with two attached hydrogens (primary N) is 1. The molecule has 1 saturated carbocycles. The first-order valence-corrected chi connectivity index (χ1v) is 5.57. The van der Waals surface area contributed by atoms with E-state index in [1.807, 2.05) is 0 Å². The van der Waals surface area contributed by atoms with Crippen molar-refractivity contribution in [3.8, 4) is 0 Å². The molecule has 1 amide bonds. The van der Waals surface area contributed by atoms with Gasteiger partial charge in [0.25, 0.3) is 11.6 Å². The van der Waals surface area contributed by atoms with Crippen LogP contribution in [0.2, 0.25) is 0 Å². The number of nitrogens with one attached hydrogen (secondary N) is 1. The third kappa shape index (κ3) is 2.25. The number of carbonyl (C=O) groups excluding carboxylic acids is 1. The third-order valence-corrected chi connectivity index (χ3v) is 3.01. The van der Waals surface area contributed by atoms with Gasteiger partial charge in [-0.1, -0.05) is 0 Å². The van der Waals surface area contributed by atoms with Crippen molar-refractivity contribution < 1.29 is 9.72 Å². The van der Waals surface area contributed by atoms with Crippen molar-refractivity contribution in [3.63, 3.8) is 0 Å². The second kappa shape index (κ2) is 4.61. The Bertz CT molecular complexity index is 499. The zero-order valence-electron chi connectivity index (χ0n) is 9.92. The molecule has 0 saturated heterocycles. The van der Waals surface area contributed by atoms with Gasteiger partial charge in [-0.05, 0) is 25.0 Å². The average molecular weight is 250 g/mol. The van der Waals surface area contributed by atoms with E-state index in [1.165, 1.54) is 18.2 Å². The Kier molecular flexibility index (Phi) is 3.15. The summed E-state index contributed by atoms with van der Waals surface area (Å²) < 4.78 is 0. The molecule has 0 bridgehead atoms. The molecule has 1 aliphatic rings. The number of anilines is 1. The molecule has 96 valence electrons. The van der Waals surface area contributed by atoms with Gasteiger partial charge in [0.2, 0.25) is 0 Å². The lowest BCUT2D eigenvalue weighted by molar-refractivity contribution is -0.384. The van der Waals surface area contributed by atoms with Crippen LogP contribution in [0.1, 0.15) is 23.2 Å². The van der Waals surface area contributed by atoms with Crippen LogP contribution in [-0.2, 0) is 0 Å². The molecule has 18 heavy (non-hydrogen) atoms. The smallest absolute Gasteiger partial charge is 0.294 e. The van der Waals surface area contributed by atoms with Gasteiger partial charge in [0.15, 0.2) is 0 Å². The predicted molar refractivity (Wildman–Crippen MR) is 66.0 cm³/mol. The van der Waals surface area contributed by atoms with Crippen molar-refractivity contribution in [1.29, 1.82) is 0 Å². The second-order valence-corrected chi connectivity index (χ2v) is 4.28. The fourth-order valence-corrected chi connectivity index (χ4v) is 1.77. The topological polar surface area (TPSA) is 102 Å². The summed E-state index contributed by atoms with van der Waals surface area (Å²) in [7, 11) is 1.71. The van der Waals surface area contributed by atoms with Crippen molar-refractivity contribution in [2.24, 2.45) is 5.84 Å². The monoisotopic (exact) mass is 250 g/mol. The van der Waals surface area contributed by atoms with Crippen LogP contribution >= 0.6 is 0 Å². The minimum atomic E-state index is -0.566. The lowest BCUT2D eigenvalue weighted by atomic mass is 10.1. The number of amides is 1. The van der Waals surface area contributed by atoms with E-state index < -0.39 is 4.92 Å². The van der Waals surface area contributed by atoms with Crippen molar-refractivity contribution in [3.05, 3.63) is 33.9 Å². The summed E-state index contributed by atoms with van der Waals surface area (Å²) in [5.41, 5.74) is 2.53. The zero-order valence-corrected chi connectivity index (χ0v) is 9.92. The normalized spacial score (nSPS) is 14.1. The number of hydrogen-bond acceptors (Lipinski definition) is 5. The van der Waals surface area contributed by atoms with Crippen LogP contribution in [0, 0.1) is 10.1 Å². The number of nitrogens with zero attached hydrogens (tertiary/aromatic N) is 2. The van der Waals surface area contributed by atoms with E-state index in [1.54, 1.807) is 11.9 Å². The predicted octanol–water partition coefficient (Wildman–Crippen LogP) is 1.11. The standard InChI is InChI=1S/C11H14N4O3/c1-14(8-3-4-8)11(16)7-2-5-9(13-12)10(6-7)15(17)18/h2,5-6,8,13H,3-4,12H2,1H3. The van der Waals surface area contributed by atoms with E-state index in [0.717, 1.165) is 12.8 Å². The number of carbonyl (C=O) groups is 1. The lowest BCUT2D eigenvalue weighted by Crippen LogP contribution is -2.28. The molecule has 0 aliphatic heterocycles. The van der Waals surface area contributed by atoms with E-state index in [0.29, 0.717) is 5.56 Å². The number of nitro groups is 1. The fraction of sp³-hybridized carbons (Fsp3) is 0.364. The van der Waals surface area contributed by atoms with Crippen molar-refractivity contribution in [1.82, 2.24) is 4.90 Å². The van der Waals surface area contributed by atoms with E-state index >= 15 is 0 Å². The van der Waals surface area contributed by atoms with Gasteiger partial charge in [-0.2, -0.15) is 0 Å². The van der Waals surface area contributed by atoms with E-state index in [4.69, 9.17) is 5.84 Å². The molecule has 0 spiro atoms. The number of benzene rings is 1. The quantitative estimate of drug-likeness (QED) is 0.473. The maximum absolute atomic E-state index is 12.1. The minimum absolute atomic E-state index is 0.186. The first kappa shape index (κ1) is 12.3. The molecule has 1 aromatic carbocycles.